The second-order valence-corrected chi connectivity index (χ2v) is 5.05. The van der Waals surface area contributed by atoms with E-state index >= 15 is 0 Å². The molecule has 98 valence electrons. The summed E-state index contributed by atoms with van der Waals surface area (Å²) in [4.78, 5) is 4.65. The Morgan fingerprint density at radius 3 is 2.72 bits per heavy atom. The summed E-state index contributed by atoms with van der Waals surface area (Å²) in [5, 5.41) is 0. The minimum Gasteiger partial charge on any atom is -0.497 e. The van der Waals surface area contributed by atoms with Crippen LogP contribution in [0.1, 0.15) is 19.7 Å². The summed E-state index contributed by atoms with van der Waals surface area (Å²) in [6, 6.07) is 6.09. The molecular weight excluding hydrogens is 226 g/mol. The molecule has 0 bridgehead atoms. The molecular formula is C14H21N3O. The fourth-order valence-corrected chi connectivity index (χ4v) is 1.99. The second-order valence-electron chi connectivity index (χ2n) is 5.05. The third-order valence-electron chi connectivity index (χ3n) is 3.46. The predicted molar refractivity (Wildman–Crippen MR) is 73.8 cm³/mol. The molecule has 0 aliphatic rings. The number of fused-ring (bicyclic) bond motifs is 1. The number of imidazole rings is 1. The van der Waals surface area contributed by atoms with Gasteiger partial charge in [0, 0.05) is 25.6 Å². The summed E-state index contributed by atoms with van der Waals surface area (Å²) in [7, 11) is 3.70. The quantitative estimate of drug-likeness (QED) is 0.900. The van der Waals surface area contributed by atoms with Crippen molar-refractivity contribution in [1.29, 1.82) is 0 Å². The molecule has 1 heterocycles. The zero-order chi connectivity index (χ0) is 13.3. The van der Waals surface area contributed by atoms with Gasteiger partial charge in [-0.05, 0) is 18.1 Å². The van der Waals surface area contributed by atoms with Crippen LogP contribution < -0.4 is 10.5 Å². The average molecular weight is 247 g/mol. The van der Waals surface area contributed by atoms with Gasteiger partial charge in [0.25, 0.3) is 0 Å². The van der Waals surface area contributed by atoms with Crippen LogP contribution in [-0.4, -0.2) is 22.7 Å². The highest BCUT2D eigenvalue weighted by atomic mass is 16.5. The van der Waals surface area contributed by atoms with Crippen LogP contribution in [0.25, 0.3) is 11.0 Å². The highest BCUT2D eigenvalue weighted by molar-refractivity contribution is 5.77. The molecule has 0 amide bonds. The maximum atomic E-state index is 6.12. The molecule has 0 saturated heterocycles. The monoisotopic (exact) mass is 247 g/mol. The minimum absolute atomic E-state index is 0.141. The van der Waals surface area contributed by atoms with Gasteiger partial charge in [-0.3, -0.25) is 0 Å². The molecule has 18 heavy (non-hydrogen) atoms. The van der Waals surface area contributed by atoms with Crippen molar-refractivity contribution in [2.75, 3.05) is 7.11 Å². The molecule has 1 atom stereocenters. The predicted octanol–water partition coefficient (Wildman–Crippen LogP) is 2.11. The van der Waals surface area contributed by atoms with E-state index in [0.717, 1.165) is 29.0 Å². The molecule has 0 aliphatic heterocycles. The summed E-state index contributed by atoms with van der Waals surface area (Å²) in [6.45, 7) is 4.27. The molecule has 0 saturated carbocycles. The number of aromatic nitrogens is 2. The first-order chi connectivity index (χ1) is 8.52. The van der Waals surface area contributed by atoms with Gasteiger partial charge in [-0.25, -0.2) is 4.98 Å². The molecule has 4 nitrogen and oxygen atoms in total. The molecule has 2 aromatic rings. The highest BCUT2D eigenvalue weighted by Crippen LogP contribution is 2.21. The molecule has 1 aromatic carbocycles. The average Bonchev–Trinajstić information content (AvgIpc) is 2.65. The van der Waals surface area contributed by atoms with E-state index in [1.165, 1.54) is 0 Å². The lowest BCUT2D eigenvalue weighted by molar-refractivity contribution is 0.415. The van der Waals surface area contributed by atoms with Gasteiger partial charge < -0.3 is 15.0 Å². The van der Waals surface area contributed by atoms with E-state index in [4.69, 9.17) is 10.5 Å². The summed E-state index contributed by atoms with van der Waals surface area (Å²) in [5.41, 5.74) is 8.19. The van der Waals surface area contributed by atoms with E-state index in [9.17, 15) is 0 Å². The number of nitrogens with two attached hydrogens (primary N) is 1. The van der Waals surface area contributed by atoms with Gasteiger partial charge >= 0.3 is 0 Å². The molecule has 0 fully saturated rings. The molecule has 2 N–H and O–H groups in total. The molecule has 4 heteroatoms. The lowest BCUT2D eigenvalue weighted by Crippen LogP contribution is -2.29. The number of hydrogen-bond donors (Lipinski definition) is 1. The highest BCUT2D eigenvalue weighted by Gasteiger charge is 2.14. The van der Waals surface area contributed by atoms with Crippen LogP contribution in [0.5, 0.6) is 5.75 Å². The number of hydrogen-bond acceptors (Lipinski definition) is 3. The van der Waals surface area contributed by atoms with Crippen molar-refractivity contribution in [2.45, 2.75) is 26.3 Å². The molecule has 0 spiro atoms. The van der Waals surface area contributed by atoms with Crippen LogP contribution in [-0.2, 0) is 13.5 Å². The van der Waals surface area contributed by atoms with Crippen molar-refractivity contribution in [2.24, 2.45) is 18.7 Å². The van der Waals surface area contributed by atoms with Crippen molar-refractivity contribution in [1.82, 2.24) is 9.55 Å². The third kappa shape index (κ3) is 2.34. The number of nitrogens with zero attached hydrogens (tertiary/aromatic N) is 2. The second kappa shape index (κ2) is 4.98. The lowest BCUT2D eigenvalue weighted by Gasteiger charge is -2.14. The smallest absolute Gasteiger partial charge is 0.121 e. The molecule has 2 rings (SSSR count). The normalized spacial score (nSPS) is 13.2. The summed E-state index contributed by atoms with van der Waals surface area (Å²) >= 11 is 0. The Bertz CT molecular complexity index is 545. The van der Waals surface area contributed by atoms with Crippen molar-refractivity contribution < 1.29 is 4.74 Å². The SMILES string of the molecule is COc1ccc2c(c1)nc(CC(N)C(C)C)n2C. The largest absolute Gasteiger partial charge is 0.497 e. The van der Waals surface area contributed by atoms with E-state index in [1.807, 2.05) is 25.2 Å². The van der Waals surface area contributed by atoms with Gasteiger partial charge in [0.05, 0.1) is 18.1 Å². The Morgan fingerprint density at radius 1 is 1.39 bits per heavy atom. The number of rotatable bonds is 4. The van der Waals surface area contributed by atoms with Crippen LogP contribution in [0.4, 0.5) is 0 Å². The standard InChI is InChI=1S/C14H21N3O/c1-9(2)11(15)8-14-16-12-7-10(18-4)5-6-13(12)17(14)3/h5-7,9,11H,8,15H2,1-4H3. The Morgan fingerprint density at radius 2 is 2.11 bits per heavy atom. The van der Waals surface area contributed by atoms with Gasteiger partial charge in [0.15, 0.2) is 0 Å². The Kier molecular flexibility index (Phi) is 3.57. The van der Waals surface area contributed by atoms with E-state index in [-0.39, 0.29) is 6.04 Å². The summed E-state index contributed by atoms with van der Waals surface area (Å²) < 4.78 is 7.32. The van der Waals surface area contributed by atoms with Crippen molar-refractivity contribution in [3.05, 3.63) is 24.0 Å². The van der Waals surface area contributed by atoms with E-state index < -0.39 is 0 Å². The molecule has 0 radical (unpaired) electrons. The van der Waals surface area contributed by atoms with Gasteiger partial charge in [-0.1, -0.05) is 13.8 Å². The number of aryl methyl sites for hydroxylation is 1. The first-order valence-electron chi connectivity index (χ1n) is 6.28. The van der Waals surface area contributed by atoms with Gasteiger partial charge in [-0.2, -0.15) is 0 Å². The first kappa shape index (κ1) is 12.9. The van der Waals surface area contributed by atoms with E-state index in [0.29, 0.717) is 5.92 Å². The van der Waals surface area contributed by atoms with Crippen molar-refractivity contribution in [3.8, 4) is 5.75 Å². The van der Waals surface area contributed by atoms with E-state index in [1.54, 1.807) is 7.11 Å². The van der Waals surface area contributed by atoms with Crippen LogP contribution in [0, 0.1) is 5.92 Å². The molecule has 0 aliphatic carbocycles. The third-order valence-corrected chi connectivity index (χ3v) is 3.46. The van der Waals surface area contributed by atoms with Gasteiger partial charge in [0.1, 0.15) is 11.6 Å². The number of methoxy groups -OCH3 is 1. The maximum absolute atomic E-state index is 6.12. The Labute approximate surface area is 108 Å². The maximum Gasteiger partial charge on any atom is 0.121 e. The number of ether oxygens (including phenoxy) is 1. The molecule has 1 aromatic heterocycles. The van der Waals surface area contributed by atoms with Crippen LogP contribution in [0.3, 0.4) is 0 Å². The van der Waals surface area contributed by atoms with Crippen LogP contribution in [0.15, 0.2) is 18.2 Å². The zero-order valence-electron chi connectivity index (χ0n) is 11.5. The van der Waals surface area contributed by atoms with Gasteiger partial charge in [-0.15, -0.1) is 0 Å². The fraction of sp³-hybridized carbons (Fsp3) is 0.500. The Hall–Kier alpha value is -1.55. The topological polar surface area (TPSA) is 53.1 Å². The Balaban J connectivity index is 2.37. The molecule has 1 unspecified atom stereocenters. The fourth-order valence-electron chi connectivity index (χ4n) is 1.99. The zero-order valence-corrected chi connectivity index (χ0v) is 11.5. The minimum atomic E-state index is 0.141. The van der Waals surface area contributed by atoms with Crippen molar-refractivity contribution in [3.63, 3.8) is 0 Å². The van der Waals surface area contributed by atoms with Crippen LogP contribution in [0.2, 0.25) is 0 Å². The lowest BCUT2D eigenvalue weighted by atomic mass is 10.0. The van der Waals surface area contributed by atoms with Crippen molar-refractivity contribution >= 4 is 11.0 Å². The van der Waals surface area contributed by atoms with E-state index in [2.05, 4.69) is 23.4 Å². The number of benzene rings is 1. The summed E-state index contributed by atoms with van der Waals surface area (Å²) in [6.07, 6.45) is 0.797. The first-order valence-corrected chi connectivity index (χ1v) is 6.28. The van der Waals surface area contributed by atoms with Gasteiger partial charge in [0.2, 0.25) is 0 Å². The summed E-state index contributed by atoms with van der Waals surface area (Å²) in [5.74, 6) is 2.32. The van der Waals surface area contributed by atoms with Crippen LogP contribution >= 0.6 is 0 Å².